The maximum Gasteiger partial charge on any atom is 0.161 e. The molecule has 0 bridgehead atoms. The Morgan fingerprint density at radius 2 is 1.78 bits per heavy atom. The van der Waals surface area contributed by atoms with Crippen LogP contribution in [0.25, 0.3) is 0 Å². The molecule has 0 aliphatic rings. The molecule has 0 radical (unpaired) electrons. The minimum atomic E-state index is -0.303. The first-order valence-corrected chi connectivity index (χ1v) is 7.15. The summed E-state index contributed by atoms with van der Waals surface area (Å²) in [5.74, 6) is 1.03. The molecule has 0 N–H and O–H groups in total. The van der Waals surface area contributed by atoms with Crippen LogP contribution in [-0.4, -0.2) is 26.2 Å². The molecule has 0 aliphatic carbocycles. The SMILES string of the molecule is COc1ccc(CN(C)Cc2cc(C#N)ccc2F)cc1OC. The molecule has 23 heavy (non-hydrogen) atoms. The van der Waals surface area contributed by atoms with Crippen molar-refractivity contribution in [2.24, 2.45) is 0 Å². The van der Waals surface area contributed by atoms with Gasteiger partial charge in [-0.05, 0) is 42.9 Å². The standard InChI is InChI=1S/C18H19FN2O2/c1-21(12-15-8-13(10-20)4-6-16(15)19)11-14-5-7-17(22-2)18(9-14)23-3/h4-9H,11-12H2,1-3H3. The molecular formula is C18H19FN2O2. The van der Waals surface area contributed by atoms with E-state index in [-0.39, 0.29) is 5.82 Å². The zero-order valence-electron chi connectivity index (χ0n) is 13.5. The molecule has 0 atom stereocenters. The normalized spacial score (nSPS) is 10.4. The summed E-state index contributed by atoms with van der Waals surface area (Å²) in [7, 11) is 5.08. The van der Waals surface area contributed by atoms with E-state index >= 15 is 0 Å². The lowest BCUT2D eigenvalue weighted by atomic mass is 10.1. The van der Waals surface area contributed by atoms with E-state index in [9.17, 15) is 4.39 Å². The number of benzene rings is 2. The van der Waals surface area contributed by atoms with Gasteiger partial charge >= 0.3 is 0 Å². The van der Waals surface area contributed by atoms with Crippen LogP contribution in [-0.2, 0) is 13.1 Å². The van der Waals surface area contributed by atoms with Crippen LogP contribution in [0.15, 0.2) is 36.4 Å². The lowest BCUT2D eigenvalue weighted by Crippen LogP contribution is -2.18. The van der Waals surface area contributed by atoms with Crippen LogP contribution in [0, 0.1) is 17.1 Å². The Morgan fingerprint density at radius 3 is 2.43 bits per heavy atom. The van der Waals surface area contributed by atoms with E-state index in [0.29, 0.717) is 35.7 Å². The number of methoxy groups -OCH3 is 2. The number of halogens is 1. The largest absolute Gasteiger partial charge is 0.493 e. The number of hydrogen-bond acceptors (Lipinski definition) is 4. The molecule has 5 heteroatoms. The molecule has 0 saturated heterocycles. The first-order valence-electron chi connectivity index (χ1n) is 7.15. The van der Waals surface area contributed by atoms with Gasteiger partial charge in [-0.25, -0.2) is 4.39 Å². The fourth-order valence-electron chi connectivity index (χ4n) is 2.40. The molecule has 4 nitrogen and oxygen atoms in total. The number of ether oxygens (including phenoxy) is 2. The van der Waals surface area contributed by atoms with E-state index in [1.165, 1.54) is 12.1 Å². The van der Waals surface area contributed by atoms with Gasteiger partial charge in [-0.3, -0.25) is 4.90 Å². The van der Waals surface area contributed by atoms with Gasteiger partial charge in [0.25, 0.3) is 0 Å². The highest BCUT2D eigenvalue weighted by Crippen LogP contribution is 2.28. The van der Waals surface area contributed by atoms with E-state index in [1.54, 1.807) is 20.3 Å². The highest BCUT2D eigenvalue weighted by Gasteiger charge is 2.10. The molecule has 2 aromatic carbocycles. The summed E-state index contributed by atoms with van der Waals surface area (Å²) >= 11 is 0. The number of hydrogen-bond donors (Lipinski definition) is 0. The van der Waals surface area contributed by atoms with Gasteiger partial charge < -0.3 is 9.47 Å². The van der Waals surface area contributed by atoms with Crippen molar-refractivity contribution < 1.29 is 13.9 Å². The van der Waals surface area contributed by atoms with Crippen molar-refractivity contribution >= 4 is 0 Å². The van der Waals surface area contributed by atoms with Crippen LogP contribution in [0.2, 0.25) is 0 Å². The van der Waals surface area contributed by atoms with E-state index in [1.807, 2.05) is 36.2 Å². The number of nitriles is 1. The third-order valence-electron chi connectivity index (χ3n) is 3.52. The zero-order valence-corrected chi connectivity index (χ0v) is 13.5. The first kappa shape index (κ1) is 16.8. The molecule has 120 valence electrons. The van der Waals surface area contributed by atoms with Crippen LogP contribution in [0.4, 0.5) is 4.39 Å². The predicted molar refractivity (Wildman–Crippen MR) is 85.8 cm³/mol. The molecule has 0 saturated carbocycles. The topological polar surface area (TPSA) is 45.5 Å². The molecule has 0 aliphatic heterocycles. The Balaban J connectivity index is 2.11. The third-order valence-corrected chi connectivity index (χ3v) is 3.52. The number of nitrogens with zero attached hydrogens (tertiary/aromatic N) is 2. The quantitative estimate of drug-likeness (QED) is 0.820. The summed E-state index contributed by atoms with van der Waals surface area (Å²) in [6.07, 6.45) is 0. The third kappa shape index (κ3) is 4.21. The van der Waals surface area contributed by atoms with Crippen LogP contribution < -0.4 is 9.47 Å². The summed E-state index contributed by atoms with van der Waals surface area (Å²) in [5, 5.41) is 8.92. The Labute approximate surface area is 135 Å². The molecule has 0 unspecified atom stereocenters. The number of rotatable bonds is 6. The first-order chi connectivity index (χ1) is 11.1. The highest BCUT2D eigenvalue weighted by molar-refractivity contribution is 5.43. The minimum absolute atomic E-state index is 0.303. The van der Waals surface area contributed by atoms with Gasteiger partial charge in [0.05, 0.1) is 25.9 Å². The Kier molecular flexibility index (Phi) is 5.56. The Bertz CT molecular complexity index is 725. The molecule has 0 heterocycles. The van der Waals surface area contributed by atoms with Gasteiger partial charge in [-0.15, -0.1) is 0 Å². The van der Waals surface area contributed by atoms with Gasteiger partial charge in [0, 0.05) is 18.7 Å². The monoisotopic (exact) mass is 314 g/mol. The summed E-state index contributed by atoms with van der Waals surface area (Å²) < 4.78 is 24.4. The zero-order chi connectivity index (χ0) is 16.8. The fourth-order valence-corrected chi connectivity index (χ4v) is 2.40. The fraction of sp³-hybridized carbons (Fsp3) is 0.278. The lowest BCUT2D eigenvalue weighted by Gasteiger charge is -2.18. The maximum atomic E-state index is 13.8. The predicted octanol–water partition coefficient (Wildman–Crippen LogP) is 3.35. The van der Waals surface area contributed by atoms with Crippen molar-refractivity contribution in [3.63, 3.8) is 0 Å². The smallest absolute Gasteiger partial charge is 0.161 e. The van der Waals surface area contributed by atoms with E-state index in [4.69, 9.17) is 14.7 Å². The molecule has 0 spiro atoms. The second kappa shape index (κ2) is 7.61. The van der Waals surface area contributed by atoms with Crippen LogP contribution in [0.1, 0.15) is 16.7 Å². The second-order valence-electron chi connectivity index (χ2n) is 5.28. The van der Waals surface area contributed by atoms with Gasteiger partial charge in [0.15, 0.2) is 11.5 Å². The summed E-state index contributed by atoms with van der Waals surface area (Å²) in [6, 6.07) is 12.1. The van der Waals surface area contributed by atoms with Gasteiger partial charge in [0.1, 0.15) is 5.82 Å². The van der Waals surface area contributed by atoms with Crippen molar-refractivity contribution in [1.82, 2.24) is 4.90 Å². The maximum absolute atomic E-state index is 13.8. The van der Waals surface area contributed by atoms with Crippen LogP contribution in [0.5, 0.6) is 11.5 Å². The molecule has 2 aromatic rings. The summed E-state index contributed by atoms with van der Waals surface area (Å²) in [6.45, 7) is 1.03. The van der Waals surface area contributed by atoms with E-state index < -0.39 is 0 Å². The molecule has 0 aromatic heterocycles. The second-order valence-corrected chi connectivity index (χ2v) is 5.28. The van der Waals surface area contributed by atoms with Crippen molar-refractivity contribution in [2.45, 2.75) is 13.1 Å². The molecular weight excluding hydrogens is 295 g/mol. The van der Waals surface area contributed by atoms with Crippen molar-refractivity contribution in [2.75, 3.05) is 21.3 Å². The molecule has 0 fully saturated rings. The minimum Gasteiger partial charge on any atom is -0.493 e. The van der Waals surface area contributed by atoms with Gasteiger partial charge in [-0.1, -0.05) is 6.07 Å². The lowest BCUT2D eigenvalue weighted by molar-refractivity contribution is 0.311. The van der Waals surface area contributed by atoms with Crippen LogP contribution >= 0.6 is 0 Å². The van der Waals surface area contributed by atoms with Crippen molar-refractivity contribution in [3.05, 3.63) is 58.9 Å². The Hall–Kier alpha value is -2.58. The summed E-state index contributed by atoms with van der Waals surface area (Å²) in [4.78, 5) is 1.97. The van der Waals surface area contributed by atoms with Crippen molar-refractivity contribution in [1.29, 1.82) is 5.26 Å². The van der Waals surface area contributed by atoms with Crippen molar-refractivity contribution in [3.8, 4) is 17.6 Å². The average Bonchev–Trinajstić information content (AvgIpc) is 2.56. The van der Waals surface area contributed by atoms with E-state index in [2.05, 4.69) is 0 Å². The Morgan fingerprint density at radius 1 is 1.04 bits per heavy atom. The van der Waals surface area contributed by atoms with Crippen LogP contribution in [0.3, 0.4) is 0 Å². The average molecular weight is 314 g/mol. The molecule has 0 amide bonds. The summed E-state index contributed by atoms with van der Waals surface area (Å²) in [5.41, 5.74) is 2.00. The van der Waals surface area contributed by atoms with Gasteiger partial charge in [-0.2, -0.15) is 5.26 Å². The highest BCUT2D eigenvalue weighted by atomic mass is 19.1. The van der Waals surface area contributed by atoms with Gasteiger partial charge in [0.2, 0.25) is 0 Å². The molecule has 2 rings (SSSR count). The van der Waals surface area contributed by atoms with E-state index in [0.717, 1.165) is 5.56 Å².